The number of nitrogens with zero attached hydrogens (tertiary/aromatic N) is 1. The van der Waals surface area contributed by atoms with Crippen LogP contribution in [0.5, 0.6) is 0 Å². The lowest BCUT2D eigenvalue weighted by Crippen LogP contribution is -2.02. The Kier molecular flexibility index (Phi) is 4.18. The second kappa shape index (κ2) is 5.84. The minimum atomic E-state index is 0.552. The summed E-state index contributed by atoms with van der Waals surface area (Å²) in [5.74, 6) is 0.935. The van der Waals surface area contributed by atoms with Gasteiger partial charge in [-0.2, -0.15) is 0 Å². The van der Waals surface area contributed by atoms with E-state index in [0.717, 1.165) is 16.3 Å². The molecular weight excluding hydrogens is 228 g/mol. The van der Waals surface area contributed by atoms with Gasteiger partial charge in [-0.3, -0.25) is 0 Å². The molecule has 2 rings (SSSR count). The normalized spacial score (nSPS) is 10.5. The van der Waals surface area contributed by atoms with Crippen LogP contribution in [0.3, 0.4) is 0 Å². The number of nitrogens with two attached hydrogens (primary N) is 1. The highest BCUT2D eigenvalue weighted by molar-refractivity contribution is 7.98. The largest absolute Gasteiger partial charge is 0.326 e. The van der Waals surface area contributed by atoms with Gasteiger partial charge in [-0.25, -0.2) is 4.98 Å². The van der Waals surface area contributed by atoms with Gasteiger partial charge in [-0.15, -0.1) is 11.8 Å². The Bertz CT molecular complexity index is 483. The van der Waals surface area contributed by atoms with Crippen LogP contribution in [0.15, 0.2) is 47.6 Å². The fourth-order valence-electron chi connectivity index (χ4n) is 1.66. The van der Waals surface area contributed by atoms with Crippen molar-refractivity contribution >= 4 is 11.8 Å². The molecule has 0 aliphatic carbocycles. The van der Waals surface area contributed by atoms with Crippen LogP contribution in [0.25, 0.3) is 0 Å². The second-order valence-electron chi connectivity index (χ2n) is 3.89. The van der Waals surface area contributed by atoms with Crippen LogP contribution >= 0.6 is 11.8 Å². The van der Waals surface area contributed by atoms with E-state index in [9.17, 15) is 0 Å². The maximum absolute atomic E-state index is 5.77. The Morgan fingerprint density at radius 3 is 2.65 bits per heavy atom. The topological polar surface area (TPSA) is 38.9 Å². The third-order valence-corrected chi connectivity index (χ3v) is 3.78. The molecule has 17 heavy (non-hydrogen) atoms. The summed E-state index contributed by atoms with van der Waals surface area (Å²) in [4.78, 5) is 4.41. The molecule has 0 saturated carbocycles. The van der Waals surface area contributed by atoms with E-state index in [0.29, 0.717) is 6.54 Å². The summed E-state index contributed by atoms with van der Waals surface area (Å²) in [6, 6.07) is 12.4. The Balaban J connectivity index is 2.12. The number of rotatable bonds is 4. The first-order valence-electron chi connectivity index (χ1n) is 5.62. The molecule has 0 spiro atoms. The molecular formula is C14H16N2S. The second-order valence-corrected chi connectivity index (χ2v) is 4.85. The molecule has 88 valence electrons. The molecule has 0 unspecified atom stereocenters. The summed E-state index contributed by atoms with van der Waals surface area (Å²) in [6.07, 6.45) is 1.85. The molecule has 0 aliphatic heterocycles. The standard InChI is InChI=1S/C14H16N2S/c1-11-7-8-16-14(13(11)9-15)17-10-12-5-3-2-4-6-12/h2-8H,9-10,15H2,1H3. The Labute approximate surface area is 106 Å². The number of pyridine rings is 1. The van der Waals surface area contributed by atoms with E-state index >= 15 is 0 Å². The van der Waals surface area contributed by atoms with E-state index in [1.54, 1.807) is 11.8 Å². The van der Waals surface area contributed by atoms with Crippen LogP contribution in [0.1, 0.15) is 16.7 Å². The molecule has 0 amide bonds. The van der Waals surface area contributed by atoms with Crippen LogP contribution in [-0.4, -0.2) is 4.98 Å². The third kappa shape index (κ3) is 3.08. The van der Waals surface area contributed by atoms with E-state index in [-0.39, 0.29) is 0 Å². The number of hydrogen-bond donors (Lipinski definition) is 1. The lowest BCUT2D eigenvalue weighted by atomic mass is 10.2. The zero-order valence-electron chi connectivity index (χ0n) is 9.89. The molecule has 3 heteroatoms. The van der Waals surface area contributed by atoms with Crippen molar-refractivity contribution in [3.63, 3.8) is 0 Å². The molecule has 2 aromatic rings. The molecule has 0 fully saturated rings. The SMILES string of the molecule is Cc1ccnc(SCc2ccccc2)c1CN. The van der Waals surface area contributed by atoms with Crippen molar-refractivity contribution in [2.45, 2.75) is 24.2 Å². The van der Waals surface area contributed by atoms with Gasteiger partial charge in [0.15, 0.2) is 0 Å². The van der Waals surface area contributed by atoms with Crippen molar-refractivity contribution in [2.24, 2.45) is 5.73 Å². The fraction of sp³-hybridized carbons (Fsp3) is 0.214. The number of aromatic nitrogens is 1. The molecule has 0 aliphatic rings. The monoisotopic (exact) mass is 244 g/mol. The smallest absolute Gasteiger partial charge is 0.101 e. The van der Waals surface area contributed by atoms with Crippen molar-refractivity contribution in [1.82, 2.24) is 4.98 Å². The van der Waals surface area contributed by atoms with E-state index in [1.165, 1.54) is 11.1 Å². The quantitative estimate of drug-likeness (QED) is 0.840. The summed E-state index contributed by atoms with van der Waals surface area (Å²) in [7, 11) is 0. The van der Waals surface area contributed by atoms with Crippen LogP contribution in [0.2, 0.25) is 0 Å². The lowest BCUT2D eigenvalue weighted by molar-refractivity contribution is 0.942. The van der Waals surface area contributed by atoms with Gasteiger partial charge in [0, 0.05) is 24.1 Å². The van der Waals surface area contributed by atoms with E-state index in [2.05, 4.69) is 36.2 Å². The van der Waals surface area contributed by atoms with Crippen LogP contribution in [0.4, 0.5) is 0 Å². The van der Waals surface area contributed by atoms with Gasteiger partial charge in [0.05, 0.1) is 0 Å². The average molecular weight is 244 g/mol. The zero-order valence-corrected chi connectivity index (χ0v) is 10.7. The van der Waals surface area contributed by atoms with Crippen molar-refractivity contribution in [2.75, 3.05) is 0 Å². The van der Waals surface area contributed by atoms with Gasteiger partial charge in [0.2, 0.25) is 0 Å². The molecule has 1 heterocycles. The Hall–Kier alpha value is -1.32. The predicted molar refractivity (Wildman–Crippen MR) is 72.9 cm³/mol. The molecule has 2 nitrogen and oxygen atoms in total. The summed E-state index contributed by atoms with van der Waals surface area (Å²) < 4.78 is 0. The number of aryl methyl sites for hydroxylation is 1. The molecule has 1 aromatic heterocycles. The van der Waals surface area contributed by atoms with Crippen LogP contribution in [-0.2, 0) is 12.3 Å². The van der Waals surface area contributed by atoms with Gasteiger partial charge in [-0.1, -0.05) is 30.3 Å². The van der Waals surface area contributed by atoms with Gasteiger partial charge >= 0.3 is 0 Å². The number of thioether (sulfide) groups is 1. The third-order valence-electron chi connectivity index (χ3n) is 2.67. The number of hydrogen-bond acceptors (Lipinski definition) is 3. The Morgan fingerprint density at radius 1 is 1.18 bits per heavy atom. The van der Waals surface area contributed by atoms with E-state index in [4.69, 9.17) is 5.73 Å². The lowest BCUT2D eigenvalue weighted by Gasteiger charge is -2.09. The first kappa shape index (κ1) is 12.1. The molecule has 0 bridgehead atoms. The van der Waals surface area contributed by atoms with Crippen LogP contribution < -0.4 is 5.73 Å². The predicted octanol–water partition coefficient (Wildman–Crippen LogP) is 3.14. The molecule has 0 atom stereocenters. The van der Waals surface area contributed by atoms with Gasteiger partial charge < -0.3 is 5.73 Å². The van der Waals surface area contributed by atoms with E-state index in [1.807, 2.05) is 18.3 Å². The van der Waals surface area contributed by atoms with Gasteiger partial charge in [-0.05, 0) is 24.1 Å². The first-order chi connectivity index (χ1) is 8.31. The maximum atomic E-state index is 5.77. The summed E-state index contributed by atoms with van der Waals surface area (Å²) in [6.45, 7) is 2.63. The molecule has 2 N–H and O–H groups in total. The highest BCUT2D eigenvalue weighted by atomic mass is 32.2. The van der Waals surface area contributed by atoms with Gasteiger partial charge in [0.25, 0.3) is 0 Å². The highest BCUT2D eigenvalue weighted by Crippen LogP contribution is 2.25. The van der Waals surface area contributed by atoms with Gasteiger partial charge in [0.1, 0.15) is 5.03 Å². The van der Waals surface area contributed by atoms with E-state index < -0.39 is 0 Å². The minimum absolute atomic E-state index is 0.552. The van der Waals surface area contributed by atoms with Crippen molar-refractivity contribution in [3.8, 4) is 0 Å². The summed E-state index contributed by atoms with van der Waals surface area (Å²) >= 11 is 1.75. The van der Waals surface area contributed by atoms with Crippen molar-refractivity contribution < 1.29 is 0 Å². The Morgan fingerprint density at radius 2 is 1.94 bits per heavy atom. The van der Waals surface area contributed by atoms with Crippen molar-refractivity contribution in [3.05, 3.63) is 59.3 Å². The fourth-order valence-corrected chi connectivity index (χ4v) is 2.71. The minimum Gasteiger partial charge on any atom is -0.326 e. The summed E-state index contributed by atoms with van der Waals surface area (Å²) in [5.41, 5.74) is 9.46. The molecule has 0 saturated heterocycles. The zero-order chi connectivity index (χ0) is 12.1. The highest BCUT2D eigenvalue weighted by Gasteiger charge is 2.06. The average Bonchev–Trinajstić information content (AvgIpc) is 2.37. The van der Waals surface area contributed by atoms with Crippen molar-refractivity contribution in [1.29, 1.82) is 0 Å². The maximum Gasteiger partial charge on any atom is 0.101 e. The number of benzene rings is 1. The summed E-state index contributed by atoms with van der Waals surface area (Å²) in [5, 5.41) is 1.05. The molecule has 1 aromatic carbocycles. The van der Waals surface area contributed by atoms with Crippen LogP contribution in [0, 0.1) is 6.92 Å². The first-order valence-corrected chi connectivity index (χ1v) is 6.61. The molecule has 0 radical (unpaired) electrons.